The number of hydrogen-bond donors (Lipinski definition) is 1. The maximum atomic E-state index is 15.9. The van der Waals surface area contributed by atoms with E-state index in [1.165, 1.54) is 19.2 Å². The van der Waals surface area contributed by atoms with Crippen LogP contribution < -0.4 is 10.1 Å². The molecule has 41 heavy (non-hydrogen) atoms. The highest BCUT2D eigenvalue weighted by molar-refractivity contribution is 6.36. The number of anilines is 1. The Balaban J connectivity index is 1.67. The Morgan fingerprint density at radius 2 is 1.41 bits per heavy atom. The first-order valence-corrected chi connectivity index (χ1v) is 13.1. The lowest BCUT2D eigenvalue weighted by atomic mass is 9.86. The number of ketones is 1. The fourth-order valence-corrected chi connectivity index (χ4v) is 5.01. The van der Waals surface area contributed by atoms with Crippen molar-refractivity contribution in [2.45, 2.75) is 18.3 Å². The predicted molar refractivity (Wildman–Crippen MR) is 151 cm³/mol. The lowest BCUT2D eigenvalue weighted by Gasteiger charge is -2.29. The molecule has 4 rings (SSSR count). The van der Waals surface area contributed by atoms with Gasteiger partial charge < -0.3 is 10.1 Å². The summed E-state index contributed by atoms with van der Waals surface area (Å²) in [5.74, 6) is -0.933. The van der Waals surface area contributed by atoms with Crippen LogP contribution in [0.5, 0.6) is 5.75 Å². The van der Waals surface area contributed by atoms with Crippen LogP contribution >= 0.6 is 34.8 Å². The number of hydrogen-bond acceptors (Lipinski definition) is 3. The van der Waals surface area contributed by atoms with E-state index in [-0.39, 0.29) is 37.6 Å². The third-order valence-electron chi connectivity index (χ3n) is 6.31. The first-order valence-electron chi connectivity index (χ1n) is 11.9. The minimum atomic E-state index is -5.37. The molecule has 212 valence electrons. The monoisotopic (exact) mass is 623 g/mol. The van der Waals surface area contributed by atoms with Gasteiger partial charge in [0.15, 0.2) is 11.5 Å². The average molecular weight is 625 g/mol. The van der Waals surface area contributed by atoms with Crippen molar-refractivity contribution in [1.29, 1.82) is 0 Å². The van der Waals surface area contributed by atoms with Gasteiger partial charge in [0, 0.05) is 38.2 Å². The number of methoxy groups -OCH3 is 1. The molecule has 11 heteroatoms. The molecule has 0 fully saturated rings. The number of alkyl halides is 4. The van der Waals surface area contributed by atoms with Crippen LogP contribution in [-0.2, 0) is 12.1 Å². The predicted octanol–water partition coefficient (Wildman–Crippen LogP) is 9.11. The van der Waals surface area contributed by atoms with Crippen LogP contribution in [-0.4, -0.2) is 25.0 Å². The molecule has 0 saturated heterocycles. The van der Waals surface area contributed by atoms with Crippen LogP contribution in [0.1, 0.15) is 37.4 Å². The van der Waals surface area contributed by atoms with Crippen molar-refractivity contribution in [2.75, 3.05) is 12.4 Å². The molecule has 0 radical (unpaired) electrons. The van der Waals surface area contributed by atoms with Crippen molar-refractivity contribution in [3.63, 3.8) is 0 Å². The van der Waals surface area contributed by atoms with Gasteiger partial charge in [-0.15, -0.1) is 0 Å². The van der Waals surface area contributed by atoms with E-state index < -0.39 is 41.1 Å². The van der Waals surface area contributed by atoms with E-state index in [2.05, 4.69) is 5.32 Å². The number of carbonyl (C=O) groups excluding carboxylic acids is 2. The molecular weight excluding hydrogens is 605 g/mol. The SMILES string of the molecule is COc1c(NC(=O)c2ccccc2)cccc1C(=O)Cc1c(Cl)cc(C(F)(c2ccc(Cl)cc2)C(F)(F)F)cc1Cl. The molecular formula is C30H20Cl3F4NO3. The molecule has 1 N–H and O–H groups in total. The summed E-state index contributed by atoms with van der Waals surface area (Å²) in [6.45, 7) is 0. The molecule has 0 saturated carbocycles. The van der Waals surface area contributed by atoms with Gasteiger partial charge >= 0.3 is 6.18 Å². The molecule has 1 unspecified atom stereocenters. The van der Waals surface area contributed by atoms with Crippen LogP contribution in [0.4, 0.5) is 23.2 Å². The standard InChI is InChI=1S/C30H20Cl3F4NO3/c1-41-27-21(8-5-9-25(27)38-28(40)17-6-3-2-4-7-17)26(39)16-22-23(32)14-19(15-24(22)33)29(34,30(35,36)37)18-10-12-20(31)13-11-18/h2-15H,16H2,1H3,(H,38,40). The van der Waals surface area contributed by atoms with Gasteiger partial charge in [-0.2, -0.15) is 13.2 Å². The summed E-state index contributed by atoms with van der Waals surface area (Å²) in [7, 11) is 1.31. The minimum Gasteiger partial charge on any atom is -0.494 e. The van der Waals surface area contributed by atoms with Crippen LogP contribution in [0.3, 0.4) is 0 Å². The Kier molecular flexibility index (Phi) is 8.97. The molecule has 0 heterocycles. The van der Waals surface area contributed by atoms with Gasteiger partial charge in [0.05, 0.1) is 18.4 Å². The number of rotatable bonds is 8. The quantitative estimate of drug-likeness (QED) is 0.157. The highest BCUT2D eigenvalue weighted by Crippen LogP contribution is 2.49. The van der Waals surface area contributed by atoms with Crippen molar-refractivity contribution in [1.82, 2.24) is 0 Å². The average Bonchev–Trinajstić information content (AvgIpc) is 2.94. The fourth-order valence-electron chi connectivity index (χ4n) is 4.26. The molecule has 0 bridgehead atoms. The van der Waals surface area contributed by atoms with E-state index in [4.69, 9.17) is 39.5 Å². The summed E-state index contributed by atoms with van der Waals surface area (Å²) in [5, 5.41) is 2.14. The smallest absolute Gasteiger partial charge is 0.431 e. The number of amides is 1. The maximum Gasteiger partial charge on any atom is 0.431 e. The largest absolute Gasteiger partial charge is 0.494 e. The molecule has 1 atom stereocenters. The molecule has 0 spiro atoms. The van der Waals surface area contributed by atoms with Gasteiger partial charge in [0.2, 0.25) is 0 Å². The first kappa shape index (κ1) is 30.4. The zero-order valence-corrected chi connectivity index (χ0v) is 23.4. The Labute approximate surface area is 247 Å². The molecule has 0 aromatic heterocycles. The van der Waals surface area contributed by atoms with Crippen LogP contribution in [0.2, 0.25) is 15.1 Å². The molecule has 1 amide bonds. The van der Waals surface area contributed by atoms with Crippen LogP contribution in [0.15, 0.2) is 84.9 Å². The fraction of sp³-hybridized carbons (Fsp3) is 0.133. The highest BCUT2D eigenvalue weighted by atomic mass is 35.5. The van der Waals surface area contributed by atoms with Gasteiger partial charge in [-0.25, -0.2) is 4.39 Å². The second-order valence-corrected chi connectivity index (χ2v) is 10.1. The van der Waals surface area contributed by atoms with Crippen molar-refractivity contribution in [3.8, 4) is 5.75 Å². The summed E-state index contributed by atoms with van der Waals surface area (Å²) < 4.78 is 63.6. The molecule has 4 aromatic carbocycles. The lowest BCUT2D eigenvalue weighted by Crippen LogP contribution is -2.39. The van der Waals surface area contributed by atoms with Crippen molar-refractivity contribution in [3.05, 3.63) is 128 Å². The summed E-state index contributed by atoms with van der Waals surface area (Å²) in [4.78, 5) is 26.0. The first-order chi connectivity index (χ1) is 19.4. The number of benzene rings is 4. The Bertz CT molecular complexity index is 1570. The molecule has 4 nitrogen and oxygen atoms in total. The zero-order chi connectivity index (χ0) is 29.9. The van der Waals surface area contributed by atoms with Crippen molar-refractivity contribution in [2.24, 2.45) is 0 Å². The van der Waals surface area contributed by atoms with E-state index >= 15 is 4.39 Å². The number of ether oxygens (including phenoxy) is 1. The normalized spacial score (nSPS) is 12.9. The van der Waals surface area contributed by atoms with E-state index in [0.29, 0.717) is 5.56 Å². The maximum absolute atomic E-state index is 15.9. The molecule has 0 aliphatic carbocycles. The number of nitrogens with one attached hydrogen (secondary N) is 1. The Hall–Kier alpha value is -3.59. The summed E-state index contributed by atoms with van der Waals surface area (Å²) in [5.41, 5.74) is -4.89. The van der Waals surface area contributed by atoms with Crippen LogP contribution in [0, 0.1) is 0 Å². The molecule has 4 aromatic rings. The summed E-state index contributed by atoms with van der Waals surface area (Å²) in [6, 6.07) is 18.6. The summed E-state index contributed by atoms with van der Waals surface area (Å²) >= 11 is 18.4. The topological polar surface area (TPSA) is 55.4 Å². The second-order valence-electron chi connectivity index (χ2n) is 8.89. The van der Waals surface area contributed by atoms with E-state index in [1.54, 1.807) is 36.4 Å². The number of halogens is 7. The Morgan fingerprint density at radius 3 is 1.98 bits per heavy atom. The summed E-state index contributed by atoms with van der Waals surface area (Å²) in [6.07, 6.45) is -5.82. The van der Waals surface area contributed by atoms with Gasteiger partial charge in [0.1, 0.15) is 0 Å². The zero-order valence-electron chi connectivity index (χ0n) is 21.2. The third kappa shape index (κ3) is 6.20. The van der Waals surface area contributed by atoms with E-state index in [0.717, 1.165) is 36.4 Å². The minimum absolute atomic E-state index is 0.0107. The third-order valence-corrected chi connectivity index (χ3v) is 7.24. The van der Waals surface area contributed by atoms with Crippen molar-refractivity contribution < 1.29 is 31.9 Å². The van der Waals surface area contributed by atoms with E-state index in [1.807, 2.05) is 0 Å². The molecule has 0 aliphatic rings. The van der Waals surface area contributed by atoms with E-state index in [9.17, 15) is 22.8 Å². The van der Waals surface area contributed by atoms with Crippen molar-refractivity contribution >= 4 is 52.2 Å². The number of Topliss-reactive ketones (excluding diaryl/α,β-unsaturated/α-hetero) is 1. The highest BCUT2D eigenvalue weighted by Gasteiger charge is 2.58. The molecule has 0 aliphatic heterocycles. The number of para-hydroxylation sites is 1. The second kappa shape index (κ2) is 12.1. The number of carbonyl (C=O) groups is 2. The van der Waals surface area contributed by atoms with Gasteiger partial charge in [-0.05, 0) is 54.1 Å². The van der Waals surface area contributed by atoms with Gasteiger partial charge in [-0.1, -0.05) is 71.2 Å². The van der Waals surface area contributed by atoms with Crippen LogP contribution in [0.25, 0.3) is 0 Å². The van der Waals surface area contributed by atoms with Gasteiger partial charge in [-0.3, -0.25) is 9.59 Å². The lowest BCUT2D eigenvalue weighted by molar-refractivity contribution is -0.219. The van der Waals surface area contributed by atoms with Gasteiger partial charge in [0.25, 0.3) is 11.6 Å². The Morgan fingerprint density at radius 1 is 0.805 bits per heavy atom.